The van der Waals surface area contributed by atoms with Gasteiger partial charge in [0.05, 0.1) is 12.9 Å². The third-order valence-corrected chi connectivity index (χ3v) is 3.73. The van der Waals surface area contributed by atoms with Gasteiger partial charge in [0.25, 0.3) is 0 Å². The number of hydrogen-bond donors (Lipinski definition) is 1. The number of hydrogen-bond acceptors (Lipinski definition) is 7. The van der Waals surface area contributed by atoms with Gasteiger partial charge in [0.2, 0.25) is 15.9 Å². The Balaban J connectivity index is 2.25. The summed E-state index contributed by atoms with van der Waals surface area (Å²) in [4.78, 5) is 14.8. The summed E-state index contributed by atoms with van der Waals surface area (Å²) in [6.45, 7) is 1.85. The number of nitrogens with zero attached hydrogens (tertiary/aromatic N) is 2. The van der Waals surface area contributed by atoms with E-state index in [-0.39, 0.29) is 25.1 Å². The Morgan fingerprint density at radius 3 is 2.79 bits per heavy atom. The average Bonchev–Trinajstić information content (AvgIpc) is 2.74. The summed E-state index contributed by atoms with van der Waals surface area (Å²) in [5, 5.41) is 3.65. The number of ether oxygens (including phenoxy) is 1. The number of rotatable bonds is 8. The van der Waals surface area contributed by atoms with Crippen LogP contribution in [0.4, 0.5) is 0 Å². The second kappa shape index (κ2) is 7.19. The van der Waals surface area contributed by atoms with Crippen LogP contribution in [0, 0.1) is 6.92 Å². The molecule has 0 spiro atoms. The van der Waals surface area contributed by atoms with Crippen LogP contribution in [0.2, 0.25) is 0 Å². The summed E-state index contributed by atoms with van der Waals surface area (Å²) < 4.78 is 34.7. The van der Waals surface area contributed by atoms with E-state index >= 15 is 0 Å². The van der Waals surface area contributed by atoms with E-state index in [1.807, 2.05) is 0 Å². The molecule has 0 aromatic carbocycles. The first-order valence-corrected chi connectivity index (χ1v) is 7.41. The molecule has 0 bridgehead atoms. The minimum absolute atomic E-state index is 0.0848. The van der Waals surface area contributed by atoms with Gasteiger partial charge in [0.1, 0.15) is 0 Å². The highest BCUT2D eigenvalue weighted by Crippen LogP contribution is 1.98. The van der Waals surface area contributed by atoms with Gasteiger partial charge < -0.3 is 9.26 Å². The molecule has 108 valence electrons. The molecule has 0 atom stereocenters. The zero-order valence-corrected chi connectivity index (χ0v) is 11.7. The van der Waals surface area contributed by atoms with Crippen LogP contribution in [-0.4, -0.2) is 43.9 Å². The molecule has 0 radical (unpaired) electrons. The average molecular weight is 291 g/mol. The number of esters is 1. The molecular formula is C10H17N3O5S. The molecule has 9 heteroatoms. The fourth-order valence-electron chi connectivity index (χ4n) is 1.34. The van der Waals surface area contributed by atoms with Crippen molar-refractivity contribution >= 4 is 16.0 Å². The third-order valence-electron chi connectivity index (χ3n) is 2.26. The Morgan fingerprint density at radius 1 is 1.47 bits per heavy atom. The fraction of sp³-hybridized carbons (Fsp3) is 0.700. The second-order valence-electron chi connectivity index (χ2n) is 3.87. The van der Waals surface area contributed by atoms with Crippen LogP contribution in [0.5, 0.6) is 0 Å². The molecule has 0 saturated heterocycles. The number of carbonyl (C=O) groups excluding carboxylic acids is 1. The lowest BCUT2D eigenvalue weighted by atomic mass is 10.3. The molecule has 0 amide bonds. The van der Waals surface area contributed by atoms with Crippen molar-refractivity contribution in [3.8, 4) is 0 Å². The monoisotopic (exact) mass is 291 g/mol. The SMILES string of the molecule is COC(=O)CCCS(=O)(=O)NCCc1noc(C)n1. The number of sulfonamides is 1. The quantitative estimate of drug-likeness (QED) is 0.660. The molecule has 1 aromatic rings. The van der Waals surface area contributed by atoms with Gasteiger partial charge in [-0.05, 0) is 6.42 Å². The lowest BCUT2D eigenvalue weighted by Gasteiger charge is -2.04. The van der Waals surface area contributed by atoms with Crippen LogP contribution in [0.25, 0.3) is 0 Å². The maximum Gasteiger partial charge on any atom is 0.305 e. The van der Waals surface area contributed by atoms with Crippen molar-refractivity contribution < 1.29 is 22.5 Å². The second-order valence-corrected chi connectivity index (χ2v) is 5.80. The molecule has 1 aromatic heterocycles. The van der Waals surface area contributed by atoms with E-state index in [0.29, 0.717) is 18.1 Å². The minimum atomic E-state index is -3.39. The van der Waals surface area contributed by atoms with Crippen LogP contribution in [0.1, 0.15) is 24.6 Å². The van der Waals surface area contributed by atoms with Gasteiger partial charge >= 0.3 is 5.97 Å². The number of aryl methyl sites for hydroxylation is 1. The van der Waals surface area contributed by atoms with Crippen LogP contribution < -0.4 is 4.72 Å². The maximum absolute atomic E-state index is 11.6. The number of aromatic nitrogens is 2. The normalized spacial score (nSPS) is 11.5. The molecule has 0 aliphatic carbocycles. The molecule has 1 rings (SSSR count). The number of methoxy groups -OCH3 is 1. The predicted molar refractivity (Wildman–Crippen MR) is 65.8 cm³/mol. The largest absolute Gasteiger partial charge is 0.469 e. The van der Waals surface area contributed by atoms with Gasteiger partial charge in [0, 0.05) is 26.3 Å². The highest BCUT2D eigenvalue weighted by atomic mass is 32.2. The van der Waals surface area contributed by atoms with E-state index in [1.54, 1.807) is 6.92 Å². The van der Waals surface area contributed by atoms with Crippen LogP contribution in [0.15, 0.2) is 4.52 Å². The van der Waals surface area contributed by atoms with Crippen LogP contribution in [0.3, 0.4) is 0 Å². The maximum atomic E-state index is 11.6. The molecule has 0 aliphatic heterocycles. The van der Waals surface area contributed by atoms with Gasteiger partial charge in [0.15, 0.2) is 5.82 Å². The van der Waals surface area contributed by atoms with E-state index in [1.165, 1.54) is 7.11 Å². The highest BCUT2D eigenvalue weighted by molar-refractivity contribution is 7.89. The van der Waals surface area contributed by atoms with Crippen molar-refractivity contribution in [1.29, 1.82) is 0 Å². The summed E-state index contributed by atoms with van der Waals surface area (Å²) in [6.07, 6.45) is 0.665. The number of nitrogens with one attached hydrogen (secondary N) is 1. The molecule has 19 heavy (non-hydrogen) atoms. The van der Waals surface area contributed by atoms with Crippen molar-refractivity contribution in [2.45, 2.75) is 26.2 Å². The smallest absolute Gasteiger partial charge is 0.305 e. The molecule has 0 fully saturated rings. The predicted octanol–water partition coefficient (Wildman–Crippen LogP) is -0.207. The molecule has 0 saturated carbocycles. The van der Waals surface area contributed by atoms with E-state index < -0.39 is 16.0 Å². The van der Waals surface area contributed by atoms with Crippen molar-refractivity contribution in [1.82, 2.24) is 14.9 Å². The Hall–Kier alpha value is -1.48. The first-order valence-electron chi connectivity index (χ1n) is 5.76. The van der Waals surface area contributed by atoms with Crippen molar-refractivity contribution in [2.24, 2.45) is 0 Å². The molecule has 0 unspecified atom stereocenters. The summed E-state index contributed by atoms with van der Waals surface area (Å²) in [7, 11) is -2.13. The highest BCUT2D eigenvalue weighted by Gasteiger charge is 2.12. The molecular weight excluding hydrogens is 274 g/mol. The van der Waals surface area contributed by atoms with Crippen LogP contribution in [-0.2, 0) is 26.0 Å². The topological polar surface area (TPSA) is 111 Å². The molecule has 0 aliphatic rings. The van der Waals surface area contributed by atoms with E-state index in [0.717, 1.165) is 0 Å². The molecule has 1 heterocycles. The first kappa shape index (κ1) is 15.6. The van der Waals surface area contributed by atoms with E-state index in [4.69, 9.17) is 4.52 Å². The fourth-order valence-corrected chi connectivity index (χ4v) is 2.42. The van der Waals surface area contributed by atoms with Crippen LogP contribution >= 0.6 is 0 Å². The standard InChI is InChI=1S/C10H17N3O5S/c1-8-12-9(13-18-8)5-6-11-19(15,16)7-3-4-10(14)17-2/h11H,3-7H2,1-2H3. The third kappa shape index (κ3) is 6.30. The zero-order valence-electron chi connectivity index (χ0n) is 10.9. The molecule has 1 N–H and O–H groups in total. The number of carbonyl (C=O) groups is 1. The zero-order chi connectivity index (χ0) is 14.3. The Morgan fingerprint density at radius 2 is 2.21 bits per heavy atom. The minimum Gasteiger partial charge on any atom is -0.469 e. The first-order chi connectivity index (χ1) is 8.93. The van der Waals surface area contributed by atoms with Gasteiger partial charge in [-0.1, -0.05) is 5.16 Å². The van der Waals surface area contributed by atoms with Crippen molar-refractivity contribution in [2.75, 3.05) is 19.4 Å². The summed E-state index contributed by atoms with van der Waals surface area (Å²) in [6, 6.07) is 0. The lowest BCUT2D eigenvalue weighted by Crippen LogP contribution is -2.28. The lowest BCUT2D eigenvalue weighted by molar-refractivity contribution is -0.140. The Labute approximate surface area is 111 Å². The summed E-state index contributed by atoms with van der Waals surface area (Å²) >= 11 is 0. The molecule has 8 nitrogen and oxygen atoms in total. The van der Waals surface area contributed by atoms with Gasteiger partial charge in [-0.2, -0.15) is 4.98 Å². The van der Waals surface area contributed by atoms with Crippen molar-refractivity contribution in [3.05, 3.63) is 11.7 Å². The van der Waals surface area contributed by atoms with E-state index in [2.05, 4.69) is 19.6 Å². The van der Waals surface area contributed by atoms with E-state index in [9.17, 15) is 13.2 Å². The van der Waals surface area contributed by atoms with Gasteiger partial charge in [-0.3, -0.25) is 4.79 Å². The van der Waals surface area contributed by atoms with Gasteiger partial charge in [-0.15, -0.1) is 0 Å². The Kier molecular flexibility index (Phi) is 5.90. The summed E-state index contributed by atoms with van der Waals surface area (Å²) in [5.74, 6) is 0.357. The van der Waals surface area contributed by atoms with Gasteiger partial charge in [-0.25, -0.2) is 13.1 Å². The summed E-state index contributed by atoms with van der Waals surface area (Å²) in [5.41, 5.74) is 0. The Bertz CT molecular complexity index is 511. The van der Waals surface area contributed by atoms with Crippen molar-refractivity contribution in [3.63, 3.8) is 0 Å².